The van der Waals surface area contributed by atoms with Crippen LogP contribution in [0.2, 0.25) is 5.02 Å². The molecule has 2 N–H and O–H groups in total. The van der Waals surface area contributed by atoms with Crippen molar-refractivity contribution in [2.45, 2.75) is 4.90 Å². The maximum Gasteiger partial charge on any atom is 0.266 e. The molecule has 2 heterocycles. The third-order valence-electron chi connectivity index (χ3n) is 4.75. The van der Waals surface area contributed by atoms with E-state index in [2.05, 4.69) is 19.3 Å². The summed E-state index contributed by atoms with van der Waals surface area (Å²) in [6, 6.07) is 11.3. The number of nitrogens with zero attached hydrogens (tertiary/aromatic N) is 3. The molecule has 0 saturated carbocycles. The van der Waals surface area contributed by atoms with Gasteiger partial charge in [0.05, 0.1) is 17.4 Å². The Hall–Kier alpha value is -3.61. The minimum atomic E-state index is -4.44. The molecular formula is C21H12ClF2N5O3S2. The summed E-state index contributed by atoms with van der Waals surface area (Å²) in [6.07, 6.45) is 2.68. The summed E-state index contributed by atoms with van der Waals surface area (Å²) in [7, 11) is -4.44. The fourth-order valence-corrected chi connectivity index (χ4v) is 5.13. The van der Waals surface area contributed by atoms with E-state index in [4.69, 9.17) is 16.3 Å². The summed E-state index contributed by atoms with van der Waals surface area (Å²) < 4.78 is 65.9. The predicted octanol–water partition coefficient (Wildman–Crippen LogP) is 5.61. The number of imidazole rings is 1. The number of anilines is 1. The first-order valence-corrected chi connectivity index (χ1v) is 12.1. The quantitative estimate of drug-likeness (QED) is 0.302. The van der Waals surface area contributed by atoms with Crippen molar-refractivity contribution < 1.29 is 21.9 Å². The topological polar surface area (TPSA) is 110 Å². The highest BCUT2D eigenvalue weighted by Gasteiger charge is 2.24. The van der Waals surface area contributed by atoms with Crippen LogP contribution in [0.15, 0.2) is 66.1 Å². The van der Waals surface area contributed by atoms with E-state index >= 15 is 0 Å². The average molecular weight is 520 g/mol. The van der Waals surface area contributed by atoms with Crippen LogP contribution in [0, 0.1) is 11.6 Å². The van der Waals surface area contributed by atoms with Gasteiger partial charge in [-0.15, -0.1) is 0 Å². The van der Waals surface area contributed by atoms with E-state index in [9.17, 15) is 17.2 Å². The van der Waals surface area contributed by atoms with E-state index < -0.39 is 32.3 Å². The smallest absolute Gasteiger partial charge is 0.266 e. The Morgan fingerprint density at radius 2 is 1.85 bits per heavy atom. The highest BCUT2D eigenvalue weighted by molar-refractivity contribution is 7.93. The standard InChI is InChI=1S/C21H12ClF2N5O3S2/c22-12-2-4-18(13(6-12)11-1-3-16-17(5-11)26-9-25-16)32-19-7-15(24)20(8-14(19)23)34(30,31)29-21-27-10-28-33-21/h1-10H,(H,25,26)(H,27,28,29). The van der Waals surface area contributed by atoms with Gasteiger partial charge in [0.2, 0.25) is 5.13 Å². The van der Waals surface area contributed by atoms with Gasteiger partial charge in [-0.3, -0.25) is 4.72 Å². The molecule has 2 aromatic heterocycles. The fraction of sp³-hybridized carbons (Fsp3) is 0. The van der Waals surface area contributed by atoms with Crippen molar-refractivity contribution >= 4 is 49.3 Å². The van der Waals surface area contributed by atoms with Crippen LogP contribution in [-0.2, 0) is 10.0 Å². The molecule has 13 heteroatoms. The monoisotopic (exact) mass is 519 g/mol. The second-order valence-corrected chi connectivity index (χ2v) is 9.81. The van der Waals surface area contributed by atoms with Crippen LogP contribution in [0.4, 0.5) is 13.9 Å². The molecule has 0 atom stereocenters. The van der Waals surface area contributed by atoms with E-state index in [1.165, 1.54) is 12.1 Å². The van der Waals surface area contributed by atoms with Crippen LogP contribution in [0.5, 0.6) is 11.5 Å². The van der Waals surface area contributed by atoms with Crippen molar-refractivity contribution in [1.82, 2.24) is 19.3 Å². The summed E-state index contributed by atoms with van der Waals surface area (Å²) in [6.45, 7) is 0. The lowest BCUT2D eigenvalue weighted by Crippen LogP contribution is -2.15. The number of aromatic nitrogens is 4. The van der Waals surface area contributed by atoms with Crippen molar-refractivity contribution in [3.63, 3.8) is 0 Å². The molecule has 172 valence electrons. The molecule has 5 aromatic rings. The van der Waals surface area contributed by atoms with Gasteiger partial charge in [-0.2, -0.15) is 4.37 Å². The largest absolute Gasteiger partial charge is 0.454 e. The van der Waals surface area contributed by atoms with E-state index in [0.29, 0.717) is 28.3 Å². The molecule has 0 bridgehead atoms. The number of rotatable bonds is 6. The zero-order chi connectivity index (χ0) is 23.9. The number of fused-ring (bicyclic) bond motifs is 1. The van der Waals surface area contributed by atoms with E-state index in [1.807, 2.05) is 10.8 Å². The molecule has 0 amide bonds. The van der Waals surface area contributed by atoms with E-state index in [1.54, 1.807) is 24.5 Å². The van der Waals surface area contributed by atoms with Gasteiger partial charge in [0, 0.05) is 34.3 Å². The maximum atomic E-state index is 14.9. The summed E-state index contributed by atoms with van der Waals surface area (Å²) >= 11 is 6.91. The number of ether oxygens (including phenoxy) is 1. The molecule has 0 unspecified atom stereocenters. The number of benzene rings is 3. The van der Waals surface area contributed by atoms with Crippen LogP contribution >= 0.6 is 23.1 Å². The van der Waals surface area contributed by atoms with Crippen LogP contribution in [-0.4, -0.2) is 27.7 Å². The molecule has 8 nitrogen and oxygen atoms in total. The predicted molar refractivity (Wildman–Crippen MR) is 124 cm³/mol. The average Bonchev–Trinajstić information content (AvgIpc) is 3.48. The first kappa shape index (κ1) is 22.2. The molecule has 0 aliphatic rings. The van der Waals surface area contributed by atoms with Crippen LogP contribution in [0.25, 0.3) is 22.2 Å². The Balaban J connectivity index is 1.51. The number of nitrogens with one attached hydrogen (secondary N) is 2. The number of H-pyrrole nitrogens is 1. The Labute approximate surface area is 200 Å². The van der Waals surface area contributed by atoms with Gasteiger partial charge in [0.1, 0.15) is 22.8 Å². The van der Waals surface area contributed by atoms with Gasteiger partial charge in [-0.05, 0) is 35.9 Å². The molecule has 5 rings (SSSR count). The Morgan fingerprint density at radius 1 is 1.00 bits per heavy atom. The van der Waals surface area contributed by atoms with E-state index in [-0.39, 0.29) is 10.9 Å². The van der Waals surface area contributed by atoms with Gasteiger partial charge in [0.25, 0.3) is 10.0 Å². The number of sulfonamides is 1. The SMILES string of the molecule is O=S(=O)(Nc1ncns1)c1cc(F)c(Oc2ccc(Cl)cc2-c2ccc3nc[nH]c3c2)cc1F. The third-order valence-corrected chi connectivity index (χ3v) is 7.05. The summed E-state index contributed by atoms with van der Waals surface area (Å²) in [5, 5.41) is 0.322. The Kier molecular flexibility index (Phi) is 5.63. The number of aromatic amines is 1. The first-order valence-electron chi connectivity index (χ1n) is 9.49. The lowest BCUT2D eigenvalue weighted by Gasteiger charge is -2.14. The number of hydrogen-bond donors (Lipinski definition) is 2. The first-order chi connectivity index (χ1) is 16.3. The van der Waals surface area contributed by atoms with Crippen LogP contribution in [0.1, 0.15) is 0 Å². The normalized spacial score (nSPS) is 11.6. The van der Waals surface area contributed by atoms with Crippen molar-refractivity contribution in [3.05, 3.63) is 77.8 Å². The Morgan fingerprint density at radius 3 is 2.65 bits per heavy atom. The lowest BCUT2D eigenvalue weighted by molar-refractivity contribution is 0.433. The fourth-order valence-electron chi connectivity index (χ4n) is 3.22. The maximum absolute atomic E-state index is 14.9. The summed E-state index contributed by atoms with van der Waals surface area (Å²) in [5.74, 6) is -2.60. The molecule has 0 aliphatic heterocycles. The van der Waals surface area contributed by atoms with Crippen LogP contribution in [0.3, 0.4) is 0 Å². The summed E-state index contributed by atoms with van der Waals surface area (Å²) in [4.78, 5) is 9.95. The number of halogens is 3. The van der Waals surface area contributed by atoms with Crippen molar-refractivity contribution in [1.29, 1.82) is 0 Å². The second-order valence-electron chi connectivity index (χ2n) is 6.94. The molecule has 0 radical (unpaired) electrons. The summed E-state index contributed by atoms with van der Waals surface area (Å²) in [5.41, 5.74) is 2.72. The van der Waals surface area contributed by atoms with Crippen molar-refractivity contribution in [2.24, 2.45) is 0 Å². The lowest BCUT2D eigenvalue weighted by atomic mass is 10.0. The number of hydrogen-bond acceptors (Lipinski definition) is 7. The molecule has 0 spiro atoms. The highest BCUT2D eigenvalue weighted by atomic mass is 35.5. The molecule has 0 aliphatic carbocycles. The van der Waals surface area contributed by atoms with E-state index in [0.717, 1.165) is 28.9 Å². The highest BCUT2D eigenvalue weighted by Crippen LogP contribution is 2.38. The molecule has 0 saturated heterocycles. The van der Waals surface area contributed by atoms with Crippen LogP contribution < -0.4 is 9.46 Å². The van der Waals surface area contributed by atoms with Gasteiger partial charge >= 0.3 is 0 Å². The zero-order valence-corrected chi connectivity index (χ0v) is 19.2. The zero-order valence-electron chi connectivity index (χ0n) is 16.8. The van der Waals surface area contributed by atoms with Gasteiger partial charge in [-0.1, -0.05) is 17.7 Å². The minimum Gasteiger partial charge on any atom is -0.454 e. The van der Waals surface area contributed by atoms with Crippen molar-refractivity contribution in [3.8, 4) is 22.6 Å². The minimum absolute atomic E-state index is 0.0832. The van der Waals surface area contributed by atoms with Gasteiger partial charge in [-0.25, -0.2) is 27.2 Å². The second kappa shape index (κ2) is 8.63. The molecule has 34 heavy (non-hydrogen) atoms. The third kappa shape index (κ3) is 4.30. The molecular weight excluding hydrogens is 508 g/mol. The molecule has 0 fully saturated rings. The van der Waals surface area contributed by atoms with Crippen molar-refractivity contribution in [2.75, 3.05) is 4.72 Å². The van der Waals surface area contributed by atoms with Gasteiger partial charge in [0.15, 0.2) is 11.6 Å². The Bertz CT molecular complexity index is 1630. The van der Waals surface area contributed by atoms with Gasteiger partial charge < -0.3 is 9.72 Å². The molecule has 3 aromatic carbocycles.